The monoisotopic (exact) mass is 557 g/mol. The second-order valence-electron chi connectivity index (χ2n) is 11.0. The zero-order chi connectivity index (χ0) is 29.7. The minimum absolute atomic E-state index is 0.0582. The zero-order valence-corrected chi connectivity index (χ0v) is 23.9. The lowest BCUT2D eigenvalue weighted by molar-refractivity contribution is -0.137. The molecule has 0 saturated carbocycles. The van der Waals surface area contributed by atoms with Gasteiger partial charge in [0.1, 0.15) is 17.7 Å². The molecule has 0 aliphatic rings. The van der Waals surface area contributed by atoms with Crippen LogP contribution in [0, 0.1) is 0 Å². The quantitative estimate of drug-likeness (QED) is 0.319. The van der Waals surface area contributed by atoms with E-state index < -0.39 is 29.7 Å². The number of benzene rings is 3. The van der Waals surface area contributed by atoms with Crippen LogP contribution < -0.4 is 5.73 Å². The van der Waals surface area contributed by atoms with E-state index in [9.17, 15) is 14.4 Å². The van der Waals surface area contributed by atoms with Crippen molar-refractivity contribution in [3.8, 4) is 0 Å². The van der Waals surface area contributed by atoms with Gasteiger partial charge in [0.05, 0.1) is 0 Å². The van der Waals surface area contributed by atoms with Crippen LogP contribution in [-0.4, -0.2) is 63.6 Å². The predicted molar refractivity (Wildman–Crippen MR) is 154 cm³/mol. The van der Waals surface area contributed by atoms with E-state index in [0.29, 0.717) is 6.42 Å². The number of aromatic nitrogens is 2. The van der Waals surface area contributed by atoms with E-state index in [1.54, 1.807) is 34.9 Å². The summed E-state index contributed by atoms with van der Waals surface area (Å²) in [5, 5.41) is 9.87. The molecule has 1 aromatic heterocycles. The van der Waals surface area contributed by atoms with Crippen molar-refractivity contribution in [3.63, 3.8) is 0 Å². The molecule has 0 aliphatic heterocycles. The van der Waals surface area contributed by atoms with Gasteiger partial charge in [0.15, 0.2) is 0 Å². The molecular weight excluding hydrogens is 522 g/mol. The second kappa shape index (κ2) is 12.2. The maximum absolute atomic E-state index is 14.3. The molecule has 10 heteroatoms. The number of nitrogens with two attached hydrogens (primary N) is 1. The van der Waals surface area contributed by atoms with Gasteiger partial charge < -0.3 is 19.8 Å². The molecule has 10 nitrogen and oxygen atoms in total. The van der Waals surface area contributed by atoms with Gasteiger partial charge in [0.25, 0.3) is 0 Å². The van der Waals surface area contributed by atoms with E-state index in [2.05, 4.69) is 10.2 Å². The molecule has 3 aromatic carbocycles. The van der Waals surface area contributed by atoms with Crippen LogP contribution in [0.3, 0.4) is 0 Å². The van der Waals surface area contributed by atoms with Gasteiger partial charge in [-0.05, 0) is 42.7 Å². The average molecular weight is 558 g/mol. The van der Waals surface area contributed by atoms with E-state index in [4.69, 9.17) is 14.9 Å². The first-order chi connectivity index (χ1) is 19.4. The fraction of sp³-hybridized carbons (Fsp3) is 0.323. The molecule has 0 radical (unpaired) electrons. The molecule has 3 amide bonds. The van der Waals surface area contributed by atoms with Crippen molar-refractivity contribution in [2.75, 3.05) is 14.1 Å². The van der Waals surface area contributed by atoms with Crippen molar-refractivity contribution >= 4 is 28.7 Å². The van der Waals surface area contributed by atoms with E-state index in [1.807, 2.05) is 72.8 Å². The lowest BCUT2D eigenvalue weighted by atomic mass is 9.99. The Labute approximate surface area is 239 Å². The summed E-state index contributed by atoms with van der Waals surface area (Å²) in [5.41, 5.74) is 6.37. The van der Waals surface area contributed by atoms with Crippen molar-refractivity contribution in [1.29, 1.82) is 0 Å². The highest BCUT2D eigenvalue weighted by atomic mass is 16.6. The average Bonchev–Trinajstić information content (AvgIpc) is 3.44. The zero-order valence-electron chi connectivity index (χ0n) is 23.9. The molecule has 1 heterocycles. The van der Waals surface area contributed by atoms with Gasteiger partial charge in [-0.2, -0.15) is 0 Å². The highest BCUT2D eigenvalue weighted by molar-refractivity contribution is 5.88. The summed E-state index contributed by atoms with van der Waals surface area (Å²) in [5.74, 6) is -1.53. The molecule has 0 fully saturated rings. The summed E-state index contributed by atoms with van der Waals surface area (Å²) in [6.07, 6.45) is -0.0704. The van der Waals surface area contributed by atoms with Crippen molar-refractivity contribution in [3.05, 3.63) is 95.7 Å². The summed E-state index contributed by atoms with van der Waals surface area (Å²) >= 11 is 0. The van der Waals surface area contributed by atoms with E-state index in [-0.39, 0.29) is 24.1 Å². The molecule has 0 spiro atoms. The standard InChI is InChI=1S/C31H35N5O5/c1-31(2,3)41-30(39)36(5)25(19-21-15-16-22-13-9-10-14-23(22)17-21)29(38)35(4)24(18-20-11-7-6-8-12-20)27-33-34-28(40-27)26(32)37/h6-17,24-25H,18-19H2,1-5H3,(H2,32,37)/t24-,25-/m1/s1. The van der Waals surface area contributed by atoms with Gasteiger partial charge in [-0.25, -0.2) is 4.79 Å². The predicted octanol–water partition coefficient (Wildman–Crippen LogP) is 4.54. The number of amides is 3. The van der Waals surface area contributed by atoms with Gasteiger partial charge in [-0.3, -0.25) is 14.5 Å². The first-order valence-corrected chi connectivity index (χ1v) is 13.3. The van der Waals surface area contributed by atoms with E-state index in [1.165, 1.54) is 9.80 Å². The van der Waals surface area contributed by atoms with E-state index >= 15 is 0 Å². The first-order valence-electron chi connectivity index (χ1n) is 13.3. The van der Waals surface area contributed by atoms with Crippen molar-refractivity contribution in [1.82, 2.24) is 20.0 Å². The van der Waals surface area contributed by atoms with Crippen LogP contribution in [0.2, 0.25) is 0 Å². The normalized spacial score (nSPS) is 12.9. The molecule has 0 unspecified atom stereocenters. The summed E-state index contributed by atoms with van der Waals surface area (Å²) in [6.45, 7) is 5.31. The lowest BCUT2D eigenvalue weighted by Crippen LogP contribution is -2.51. The molecule has 4 aromatic rings. The van der Waals surface area contributed by atoms with Crippen LogP contribution in [0.15, 0.2) is 77.2 Å². The fourth-order valence-corrected chi connectivity index (χ4v) is 4.52. The molecule has 2 atom stereocenters. The van der Waals surface area contributed by atoms with Gasteiger partial charge >= 0.3 is 17.9 Å². The molecule has 2 N–H and O–H groups in total. The Morgan fingerprint density at radius 1 is 0.854 bits per heavy atom. The summed E-state index contributed by atoms with van der Waals surface area (Å²) < 4.78 is 11.2. The number of fused-ring (bicyclic) bond motifs is 1. The Morgan fingerprint density at radius 2 is 1.51 bits per heavy atom. The molecule has 214 valence electrons. The number of hydrogen-bond donors (Lipinski definition) is 1. The topological polar surface area (TPSA) is 132 Å². The molecule has 41 heavy (non-hydrogen) atoms. The van der Waals surface area contributed by atoms with Crippen molar-refractivity contribution in [2.45, 2.75) is 51.3 Å². The number of rotatable bonds is 9. The third-order valence-electron chi connectivity index (χ3n) is 6.70. The highest BCUT2D eigenvalue weighted by Gasteiger charge is 2.36. The Morgan fingerprint density at radius 3 is 2.15 bits per heavy atom. The molecule has 0 bridgehead atoms. The largest absolute Gasteiger partial charge is 0.444 e. The minimum atomic E-state index is -0.923. The fourth-order valence-electron chi connectivity index (χ4n) is 4.52. The Hall–Kier alpha value is -4.73. The van der Waals surface area contributed by atoms with Gasteiger partial charge in [0, 0.05) is 26.9 Å². The second-order valence-corrected chi connectivity index (χ2v) is 11.0. The number of ether oxygens (including phenoxy) is 1. The molecule has 0 saturated heterocycles. The smallest absolute Gasteiger partial charge is 0.410 e. The first kappa shape index (κ1) is 29.3. The van der Waals surface area contributed by atoms with Gasteiger partial charge in [-0.15, -0.1) is 10.2 Å². The Bertz CT molecular complexity index is 1530. The van der Waals surface area contributed by atoms with Crippen LogP contribution in [0.1, 0.15) is 54.5 Å². The number of primary amides is 1. The summed E-state index contributed by atoms with van der Waals surface area (Å²) in [7, 11) is 3.16. The number of hydrogen-bond acceptors (Lipinski definition) is 7. The van der Waals surface area contributed by atoms with Crippen LogP contribution in [-0.2, 0) is 22.4 Å². The summed E-state index contributed by atoms with van der Waals surface area (Å²) in [4.78, 5) is 41.9. The number of nitrogens with zero attached hydrogens (tertiary/aromatic N) is 4. The minimum Gasteiger partial charge on any atom is -0.444 e. The maximum Gasteiger partial charge on any atom is 0.410 e. The van der Waals surface area contributed by atoms with Crippen LogP contribution in [0.25, 0.3) is 10.8 Å². The van der Waals surface area contributed by atoms with Gasteiger partial charge in [-0.1, -0.05) is 72.8 Å². The number of carbonyl (C=O) groups excluding carboxylic acids is 3. The molecule has 0 aliphatic carbocycles. The SMILES string of the molecule is CN(C(=O)OC(C)(C)C)[C@H](Cc1ccc2ccccc2c1)C(=O)N(C)[C@H](Cc1ccccc1)c1nnc(C(N)=O)o1. The van der Waals surface area contributed by atoms with Crippen LogP contribution in [0.5, 0.6) is 0 Å². The van der Waals surface area contributed by atoms with Crippen LogP contribution >= 0.6 is 0 Å². The number of likely N-dealkylation sites (N-methyl/N-ethyl adjacent to an activating group) is 2. The number of carbonyl (C=O) groups is 3. The van der Waals surface area contributed by atoms with Crippen molar-refractivity contribution in [2.24, 2.45) is 5.73 Å². The third-order valence-corrected chi connectivity index (χ3v) is 6.70. The van der Waals surface area contributed by atoms with Crippen LogP contribution in [0.4, 0.5) is 4.79 Å². The van der Waals surface area contributed by atoms with E-state index in [0.717, 1.165) is 21.9 Å². The van der Waals surface area contributed by atoms with Crippen molar-refractivity contribution < 1.29 is 23.5 Å². The highest BCUT2D eigenvalue weighted by Crippen LogP contribution is 2.27. The third kappa shape index (κ3) is 7.27. The lowest BCUT2D eigenvalue weighted by Gasteiger charge is -2.34. The Kier molecular flexibility index (Phi) is 8.71. The molecule has 4 rings (SSSR count). The maximum atomic E-state index is 14.3. The summed E-state index contributed by atoms with van der Waals surface area (Å²) in [6, 6.07) is 21.7. The van der Waals surface area contributed by atoms with Gasteiger partial charge in [0.2, 0.25) is 11.8 Å². The molecular formula is C31H35N5O5. The Balaban J connectivity index is 1.70.